The number of phenols is 1. The molecular formula is C27H35N7O6. The molecule has 5 unspecified atom stereocenters. The largest absolute Gasteiger partial charge is 0.508 e. The SMILES string of the molecule is CC(NC(CNC(=O)CCC(O)c1cc(O)cc(NC2=NCC(O)CN2)c1)C(=O)O)C1=Nc2ccccc2C1N. The summed E-state index contributed by atoms with van der Waals surface area (Å²) in [5.41, 5.74) is 9.41. The second-order valence-electron chi connectivity index (χ2n) is 9.87. The van der Waals surface area contributed by atoms with Crippen molar-refractivity contribution >= 4 is 34.9 Å². The highest BCUT2D eigenvalue weighted by molar-refractivity contribution is 6.01. The Kier molecular flexibility index (Phi) is 9.32. The van der Waals surface area contributed by atoms with E-state index in [9.17, 15) is 30.0 Å². The summed E-state index contributed by atoms with van der Waals surface area (Å²) in [4.78, 5) is 33.0. The Morgan fingerprint density at radius 2 is 2.00 bits per heavy atom. The van der Waals surface area contributed by atoms with Crippen molar-refractivity contribution in [3.63, 3.8) is 0 Å². The second-order valence-corrected chi connectivity index (χ2v) is 9.87. The van der Waals surface area contributed by atoms with Gasteiger partial charge in [0, 0.05) is 42.9 Å². The van der Waals surface area contributed by atoms with Crippen LogP contribution in [0.4, 0.5) is 11.4 Å². The number of aliphatic hydroxyl groups is 2. The van der Waals surface area contributed by atoms with Crippen molar-refractivity contribution in [3.05, 3.63) is 53.6 Å². The number of nitrogens with two attached hydrogens (primary N) is 1. The number of carboxylic acids is 1. The molecule has 2 aromatic carbocycles. The third kappa shape index (κ3) is 7.33. The fraction of sp³-hybridized carbons (Fsp3) is 0.407. The molecule has 13 heteroatoms. The van der Waals surface area contributed by atoms with Crippen molar-refractivity contribution in [1.82, 2.24) is 16.0 Å². The number of rotatable bonds is 11. The van der Waals surface area contributed by atoms with E-state index in [1.54, 1.807) is 13.0 Å². The topological polar surface area (TPSA) is 214 Å². The zero-order valence-corrected chi connectivity index (χ0v) is 22.0. The number of aliphatic carboxylic acids is 1. The van der Waals surface area contributed by atoms with E-state index < -0.39 is 42.2 Å². The zero-order valence-electron chi connectivity index (χ0n) is 22.0. The number of β-amino-alcohol motifs (C(OH)–C–C–N with tert-alkyl or cyclic N) is 1. The zero-order chi connectivity index (χ0) is 28.8. The molecule has 2 aromatic rings. The molecule has 4 rings (SSSR count). The van der Waals surface area contributed by atoms with E-state index in [4.69, 9.17) is 5.73 Å². The Morgan fingerprint density at radius 1 is 1.23 bits per heavy atom. The Labute approximate surface area is 231 Å². The van der Waals surface area contributed by atoms with Gasteiger partial charge in [0.15, 0.2) is 5.96 Å². The molecule has 0 fully saturated rings. The van der Waals surface area contributed by atoms with Crippen molar-refractivity contribution in [1.29, 1.82) is 0 Å². The number of phenolic OH excluding ortho intramolecular Hbond substituents is 1. The summed E-state index contributed by atoms with van der Waals surface area (Å²) in [5, 5.41) is 51.4. The van der Waals surface area contributed by atoms with Gasteiger partial charge in [-0.1, -0.05) is 18.2 Å². The molecule has 214 valence electrons. The van der Waals surface area contributed by atoms with E-state index in [1.807, 2.05) is 24.3 Å². The molecule has 10 N–H and O–H groups in total. The smallest absolute Gasteiger partial charge is 0.322 e. The van der Waals surface area contributed by atoms with E-state index in [2.05, 4.69) is 31.3 Å². The van der Waals surface area contributed by atoms with Crippen LogP contribution in [0.1, 0.15) is 43.0 Å². The number of amides is 1. The standard InChI is InChI=1S/C27H35N7O6/c1-14(25-24(28)19-4-2-3-5-20(19)34-25)32-21(26(39)40)13-29-23(38)7-6-22(37)15-8-16(10-17(35)9-15)33-27-30-11-18(36)12-31-27/h2-5,8-10,14,18,21-22,24,32,35-37H,6-7,11-13,28H2,1H3,(H,29,38)(H,39,40)(H2,30,31,33). The lowest BCUT2D eigenvalue weighted by atomic mass is 10.0. The van der Waals surface area contributed by atoms with Crippen molar-refractivity contribution in [2.24, 2.45) is 15.7 Å². The quantitative estimate of drug-likeness (QED) is 0.185. The summed E-state index contributed by atoms with van der Waals surface area (Å²) in [5.74, 6) is -1.22. The number of guanidine groups is 1. The summed E-state index contributed by atoms with van der Waals surface area (Å²) >= 11 is 0. The molecule has 0 radical (unpaired) electrons. The first-order valence-electron chi connectivity index (χ1n) is 13.0. The Balaban J connectivity index is 1.27. The maximum atomic E-state index is 12.5. The maximum absolute atomic E-state index is 12.5. The van der Waals surface area contributed by atoms with Crippen LogP contribution in [-0.4, -0.2) is 81.8 Å². The van der Waals surface area contributed by atoms with Gasteiger partial charge in [-0.2, -0.15) is 0 Å². The average molecular weight is 554 g/mol. The Bertz CT molecular complexity index is 1300. The van der Waals surface area contributed by atoms with Gasteiger partial charge >= 0.3 is 5.97 Å². The van der Waals surface area contributed by atoms with Gasteiger partial charge in [0.05, 0.1) is 36.2 Å². The molecule has 13 nitrogen and oxygen atoms in total. The van der Waals surface area contributed by atoms with E-state index in [-0.39, 0.29) is 31.7 Å². The third-order valence-electron chi connectivity index (χ3n) is 6.73. The molecule has 0 bridgehead atoms. The first-order chi connectivity index (χ1) is 19.1. The summed E-state index contributed by atoms with van der Waals surface area (Å²) in [6.07, 6.45) is -1.65. The number of hydrogen-bond donors (Lipinski definition) is 9. The van der Waals surface area contributed by atoms with Crippen molar-refractivity contribution < 1.29 is 30.0 Å². The summed E-state index contributed by atoms with van der Waals surface area (Å²) in [6, 6.07) is 9.96. The molecule has 2 heterocycles. The van der Waals surface area contributed by atoms with Crippen LogP contribution < -0.4 is 27.0 Å². The number of nitrogens with one attached hydrogen (secondary N) is 4. The van der Waals surface area contributed by atoms with Crippen LogP contribution in [0.15, 0.2) is 52.4 Å². The van der Waals surface area contributed by atoms with Gasteiger partial charge in [-0.25, -0.2) is 0 Å². The molecule has 1 amide bonds. The summed E-state index contributed by atoms with van der Waals surface area (Å²) < 4.78 is 0. The lowest BCUT2D eigenvalue weighted by molar-refractivity contribution is -0.139. The number of aliphatic imine (C=N–C) groups is 2. The van der Waals surface area contributed by atoms with Gasteiger partial charge in [0.1, 0.15) is 11.8 Å². The molecule has 2 aliphatic heterocycles. The number of carbonyl (C=O) groups excluding carboxylic acids is 1. The lowest BCUT2D eigenvalue weighted by Crippen LogP contribution is -2.52. The summed E-state index contributed by atoms with van der Waals surface area (Å²) in [6.45, 7) is 2.18. The fourth-order valence-electron chi connectivity index (χ4n) is 4.58. The molecule has 0 spiro atoms. The molecule has 0 saturated carbocycles. The van der Waals surface area contributed by atoms with Crippen LogP contribution >= 0.6 is 0 Å². The number of aliphatic hydroxyl groups excluding tert-OH is 2. The Morgan fingerprint density at radius 3 is 2.70 bits per heavy atom. The average Bonchev–Trinajstić information content (AvgIpc) is 3.27. The normalized spacial score (nSPS) is 20.3. The maximum Gasteiger partial charge on any atom is 0.322 e. The van der Waals surface area contributed by atoms with E-state index >= 15 is 0 Å². The molecular weight excluding hydrogens is 518 g/mol. The highest BCUT2D eigenvalue weighted by Crippen LogP contribution is 2.33. The third-order valence-corrected chi connectivity index (χ3v) is 6.73. The number of anilines is 1. The van der Waals surface area contributed by atoms with E-state index in [1.165, 1.54) is 12.1 Å². The van der Waals surface area contributed by atoms with Crippen molar-refractivity contribution in [2.75, 3.05) is 25.0 Å². The first kappa shape index (κ1) is 29.0. The Hall–Kier alpha value is -4.04. The van der Waals surface area contributed by atoms with Crippen LogP contribution in [0, 0.1) is 0 Å². The number of benzene rings is 2. The number of aromatic hydroxyl groups is 1. The lowest BCUT2D eigenvalue weighted by Gasteiger charge is -2.23. The first-order valence-corrected chi connectivity index (χ1v) is 13.0. The van der Waals surface area contributed by atoms with Gasteiger partial charge in [-0.05, 0) is 37.1 Å². The van der Waals surface area contributed by atoms with Crippen LogP contribution in [0.2, 0.25) is 0 Å². The summed E-state index contributed by atoms with van der Waals surface area (Å²) in [7, 11) is 0. The number of carboxylic acid groups (broad SMARTS) is 1. The minimum absolute atomic E-state index is 0.0472. The predicted molar refractivity (Wildman–Crippen MR) is 150 cm³/mol. The van der Waals surface area contributed by atoms with Crippen LogP contribution in [0.25, 0.3) is 0 Å². The molecule has 0 saturated heterocycles. The highest BCUT2D eigenvalue weighted by atomic mass is 16.4. The van der Waals surface area contributed by atoms with Crippen LogP contribution in [0.5, 0.6) is 5.75 Å². The highest BCUT2D eigenvalue weighted by Gasteiger charge is 2.30. The molecule has 0 aromatic heterocycles. The van der Waals surface area contributed by atoms with Gasteiger partial charge in [-0.15, -0.1) is 0 Å². The minimum Gasteiger partial charge on any atom is -0.508 e. The molecule has 40 heavy (non-hydrogen) atoms. The minimum atomic E-state index is -1.14. The molecule has 5 atom stereocenters. The van der Waals surface area contributed by atoms with E-state index in [0.717, 1.165) is 11.3 Å². The van der Waals surface area contributed by atoms with Crippen LogP contribution in [-0.2, 0) is 9.59 Å². The van der Waals surface area contributed by atoms with Crippen molar-refractivity contribution in [2.45, 2.75) is 50.1 Å². The number of carbonyl (C=O) groups is 2. The van der Waals surface area contributed by atoms with Gasteiger partial charge < -0.3 is 42.1 Å². The van der Waals surface area contributed by atoms with Gasteiger partial charge in [0.2, 0.25) is 5.91 Å². The number of nitrogens with zero attached hydrogens (tertiary/aromatic N) is 2. The van der Waals surface area contributed by atoms with Crippen LogP contribution in [0.3, 0.4) is 0 Å². The van der Waals surface area contributed by atoms with Gasteiger partial charge in [0.25, 0.3) is 0 Å². The van der Waals surface area contributed by atoms with E-state index in [0.29, 0.717) is 29.5 Å². The number of para-hydroxylation sites is 1. The fourth-order valence-corrected chi connectivity index (χ4v) is 4.58. The van der Waals surface area contributed by atoms with Gasteiger partial charge in [-0.3, -0.25) is 24.9 Å². The molecule has 0 aliphatic carbocycles. The second kappa shape index (κ2) is 12.9. The van der Waals surface area contributed by atoms with Crippen molar-refractivity contribution in [3.8, 4) is 5.75 Å². The predicted octanol–water partition coefficient (Wildman–Crippen LogP) is 0.271. The number of hydrogen-bond acceptors (Lipinski definition) is 11. The molecule has 2 aliphatic rings. The monoisotopic (exact) mass is 553 g/mol. The number of fused-ring (bicyclic) bond motifs is 1.